The largest absolute Gasteiger partial charge is 0.338 e. The number of carbonyl (C=O) groups excluding carboxylic acids is 1. The molecule has 1 aliphatic rings. The molecule has 1 aliphatic heterocycles. The fourth-order valence-electron chi connectivity index (χ4n) is 2.85. The van der Waals surface area contributed by atoms with Crippen LogP contribution in [0.15, 0.2) is 6.20 Å². The maximum atomic E-state index is 12.4. The second-order valence-electron chi connectivity index (χ2n) is 6.06. The van der Waals surface area contributed by atoms with Gasteiger partial charge in [0, 0.05) is 31.0 Å². The number of hydrogen-bond acceptors (Lipinski definition) is 3. The minimum Gasteiger partial charge on any atom is -0.338 e. The smallest absolute Gasteiger partial charge is 0.289 e. The van der Waals surface area contributed by atoms with E-state index in [1.165, 1.54) is 0 Å². The van der Waals surface area contributed by atoms with Crippen molar-refractivity contribution in [1.29, 1.82) is 0 Å². The molecular formula is C14H24N4O. The van der Waals surface area contributed by atoms with Crippen molar-refractivity contribution in [3.8, 4) is 0 Å². The first-order valence-electron chi connectivity index (χ1n) is 6.87. The number of carbonyl (C=O) groups is 1. The number of likely N-dealkylation sites (tertiary alicyclic amines) is 1. The van der Waals surface area contributed by atoms with E-state index in [1.807, 2.05) is 11.8 Å². The molecule has 0 aliphatic carbocycles. The number of rotatable bonds is 3. The Morgan fingerprint density at radius 1 is 1.47 bits per heavy atom. The van der Waals surface area contributed by atoms with Gasteiger partial charge < -0.3 is 14.8 Å². The van der Waals surface area contributed by atoms with E-state index >= 15 is 0 Å². The molecule has 5 nitrogen and oxygen atoms in total. The van der Waals surface area contributed by atoms with Crippen LogP contribution >= 0.6 is 0 Å². The van der Waals surface area contributed by atoms with Gasteiger partial charge in [0.05, 0.1) is 0 Å². The highest BCUT2D eigenvalue weighted by atomic mass is 16.2. The molecule has 0 radical (unpaired) electrons. The average Bonchev–Trinajstić information content (AvgIpc) is 2.93. The number of likely N-dealkylation sites (N-methyl/N-ethyl adjacent to an activating group) is 1. The lowest BCUT2D eigenvalue weighted by atomic mass is 9.91. The number of aromatic nitrogens is 2. The molecule has 2 heterocycles. The average molecular weight is 264 g/mol. The van der Waals surface area contributed by atoms with Gasteiger partial charge in [0.15, 0.2) is 5.82 Å². The molecule has 1 aromatic rings. The van der Waals surface area contributed by atoms with Gasteiger partial charge in [0.25, 0.3) is 5.91 Å². The molecule has 0 aromatic carbocycles. The van der Waals surface area contributed by atoms with E-state index in [9.17, 15) is 4.79 Å². The lowest BCUT2D eigenvalue weighted by molar-refractivity contribution is 0.0768. The van der Waals surface area contributed by atoms with Crippen LogP contribution in [0.4, 0.5) is 0 Å². The van der Waals surface area contributed by atoms with Crippen molar-refractivity contribution in [2.45, 2.75) is 26.8 Å². The molecule has 0 unspecified atom stereocenters. The van der Waals surface area contributed by atoms with Crippen LogP contribution in [-0.4, -0.2) is 58.9 Å². The van der Waals surface area contributed by atoms with Crippen LogP contribution in [0.25, 0.3) is 0 Å². The van der Waals surface area contributed by atoms with Crippen molar-refractivity contribution < 1.29 is 4.79 Å². The molecule has 19 heavy (non-hydrogen) atoms. The summed E-state index contributed by atoms with van der Waals surface area (Å²) >= 11 is 0. The number of aromatic amines is 1. The van der Waals surface area contributed by atoms with E-state index in [0.717, 1.165) is 18.8 Å². The standard InChI is InChI=1S/C14H24N4O/c1-9(2)11-7-18(8-12(11)17(4)5)14(19)13-15-6-10(3)16-13/h6,9,11-12H,7-8H2,1-5H3,(H,15,16)/t11-,12+/m0/s1. The maximum Gasteiger partial charge on any atom is 0.289 e. The minimum absolute atomic E-state index is 0.0168. The van der Waals surface area contributed by atoms with Crippen molar-refractivity contribution in [3.05, 3.63) is 17.7 Å². The predicted molar refractivity (Wildman–Crippen MR) is 75.0 cm³/mol. The molecule has 5 heteroatoms. The zero-order valence-electron chi connectivity index (χ0n) is 12.5. The third kappa shape index (κ3) is 2.81. The Balaban J connectivity index is 2.13. The predicted octanol–water partition coefficient (Wildman–Crippen LogP) is 1.38. The number of nitrogens with zero attached hydrogens (tertiary/aromatic N) is 3. The summed E-state index contributed by atoms with van der Waals surface area (Å²) < 4.78 is 0. The Kier molecular flexibility index (Phi) is 3.94. The SMILES string of the molecule is Cc1cnc(C(=O)N2C[C@@H](N(C)C)[C@H](C(C)C)C2)[nH]1. The molecule has 1 fully saturated rings. The summed E-state index contributed by atoms with van der Waals surface area (Å²) in [7, 11) is 4.18. The Morgan fingerprint density at radius 2 is 2.16 bits per heavy atom. The number of imidazole rings is 1. The summed E-state index contributed by atoms with van der Waals surface area (Å²) in [6.45, 7) is 7.97. The van der Waals surface area contributed by atoms with E-state index in [2.05, 4.69) is 42.8 Å². The van der Waals surface area contributed by atoms with Crippen LogP contribution in [-0.2, 0) is 0 Å². The lowest BCUT2D eigenvalue weighted by Gasteiger charge is -2.27. The second kappa shape index (κ2) is 5.33. The molecule has 0 saturated carbocycles. The van der Waals surface area contributed by atoms with E-state index in [1.54, 1.807) is 6.20 Å². The number of H-pyrrole nitrogens is 1. The second-order valence-corrected chi connectivity index (χ2v) is 6.06. The molecule has 1 saturated heterocycles. The van der Waals surface area contributed by atoms with E-state index in [0.29, 0.717) is 23.7 Å². The first kappa shape index (κ1) is 14.1. The Bertz CT molecular complexity index is 436. The van der Waals surface area contributed by atoms with E-state index in [4.69, 9.17) is 0 Å². The lowest BCUT2D eigenvalue weighted by Crippen LogP contribution is -2.37. The zero-order valence-corrected chi connectivity index (χ0v) is 12.5. The summed E-state index contributed by atoms with van der Waals surface area (Å²) in [5, 5.41) is 0. The molecule has 2 atom stereocenters. The van der Waals surface area contributed by atoms with Crippen molar-refractivity contribution in [2.24, 2.45) is 11.8 Å². The van der Waals surface area contributed by atoms with Gasteiger partial charge in [-0.1, -0.05) is 13.8 Å². The highest BCUT2D eigenvalue weighted by Crippen LogP contribution is 2.27. The van der Waals surface area contributed by atoms with E-state index in [-0.39, 0.29) is 5.91 Å². The number of aryl methyl sites for hydroxylation is 1. The van der Waals surface area contributed by atoms with E-state index < -0.39 is 0 Å². The van der Waals surface area contributed by atoms with Gasteiger partial charge in [-0.15, -0.1) is 0 Å². The summed E-state index contributed by atoms with van der Waals surface area (Å²) in [5.74, 6) is 1.57. The zero-order chi connectivity index (χ0) is 14.2. The third-order valence-electron chi connectivity index (χ3n) is 4.05. The minimum atomic E-state index is 0.0168. The number of amides is 1. The normalized spacial score (nSPS) is 23.6. The summed E-state index contributed by atoms with van der Waals surface area (Å²) in [6, 6.07) is 0.431. The first-order valence-corrected chi connectivity index (χ1v) is 6.87. The van der Waals surface area contributed by atoms with Gasteiger partial charge in [-0.3, -0.25) is 4.79 Å². The van der Waals surface area contributed by atoms with Crippen molar-refractivity contribution in [1.82, 2.24) is 19.8 Å². The van der Waals surface area contributed by atoms with Gasteiger partial charge in [-0.2, -0.15) is 0 Å². The van der Waals surface area contributed by atoms with Crippen molar-refractivity contribution >= 4 is 5.91 Å². The molecule has 0 bridgehead atoms. The molecular weight excluding hydrogens is 240 g/mol. The summed E-state index contributed by atoms with van der Waals surface area (Å²) in [6.07, 6.45) is 1.70. The number of hydrogen-bond donors (Lipinski definition) is 1. The van der Waals surface area contributed by atoms with Crippen LogP contribution < -0.4 is 0 Å². The fraction of sp³-hybridized carbons (Fsp3) is 0.714. The highest BCUT2D eigenvalue weighted by Gasteiger charge is 2.38. The third-order valence-corrected chi connectivity index (χ3v) is 4.05. The quantitative estimate of drug-likeness (QED) is 0.897. The van der Waals surface area contributed by atoms with Gasteiger partial charge in [-0.25, -0.2) is 4.98 Å². The molecule has 0 spiro atoms. The van der Waals surface area contributed by atoms with Crippen LogP contribution in [0.3, 0.4) is 0 Å². The fourth-order valence-corrected chi connectivity index (χ4v) is 2.85. The molecule has 106 valence electrons. The molecule has 1 aromatic heterocycles. The van der Waals surface area contributed by atoms with Gasteiger partial charge in [0.2, 0.25) is 0 Å². The summed E-state index contributed by atoms with van der Waals surface area (Å²) in [4.78, 5) is 23.7. The highest BCUT2D eigenvalue weighted by molar-refractivity contribution is 5.90. The Morgan fingerprint density at radius 3 is 2.58 bits per heavy atom. The van der Waals surface area contributed by atoms with Crippen LogP contribution in [0.1, 0.15) is 30.2 Å². The summed E-state index contributed by atoms with van der Waals surface area (Å²) in [5.41, 5.74) is 0.923. The maximum absolute atomic E-state index is 12.4. The van der Waals surface area contributed by atoms with Crippen LogP contribution in [0.2, 0.25) is 0 Å². The Labute approximate surface area is 115 Å². The van der Waals surface area contributed by atoms with Gasteiger partial charge in [0.1, 0.15) is 0 Å². The van der Waals surface area contributed by atoms with Gasteiger partial charge in [-0.05, 0) is 32.9 Å². The van der Waals surface area contributed by atoms with Crippen LogP contribution in [0, 0.1) is 18.8 Å². The molecule has 1 N–H and O–H groups in total. The van der Waals surface area contributed by atoms with Crippen LogP contribution in [0.5, 0.6) is 0 Å². The molecule has 2 rings (SSSR count). The topological polar surface area (TPSA) is 52.2 Å². The monoisotopic (exact) mass is 264 g/mol. The number of nitrogens with one attached hydrogen (secondary N) is 1. The molecule has 1 amide bonds. The van der Waals surface area contributed by atoms with Crippen molar-refractivity contribution in [3.63, 3.8) is 0 Å². The first-order chi connectivity index (χ1) is 8.90. The Hall–Kier alpha value is -1.36. The van der Waals surface area contributed by atoms with Crippen molar-refractivity contribution in [2.75, 3.05) is 27.2 Å². The van der Waals surface area contributed by atoms with Gasteiger partial charge >= 0.3 is 0 Å².